The van der Waals surface area contributed by atoms with E-state index >= 15 is 0 Å². The summed E-state index contributed by atoms with van der Waals surface area (Å²) in [7, 11) is 1.86. The molecule has 4 nitrogen and oxygen atoms in total. The molecule has 0 saturated carbocycles. The van der Waals surface area contributed by atoms with Crippen molar-refractivity contribution in [1.82, 2.24) is 9.97 Å². The lowest BCUT2D eigenvalue weighted by Gasteiger charge is -2.09. The van der Waals surface area contributed by atoms with E-state index in [9.17, 15) is 0 Å². The first-order chi connectivity index (χ1) is 10.1. The van der Waals surface area contributed by atoms with E-state index in [2.05, 4.69) is 47.3 Å². The van der Waals surface area contributed by atoms with Gasteiger partial charge in [0.1, 0.15) is 17.5 Å². The van der Waals surface area contributed by atoms with Gasteiger partial charge in [-0.1, -0.05) is 23.9 Å². The lowest BCUT2D eigenvalue weighted by molar-refractivity contribution is 0.128. The Morgan fingerprint density at radius 2 is 2.00 bits per heavy atom. The van der Waals surface area contributed by atoms with Gasteiger partial charge in [-0.25, -0.2) is 9.97 Å². The Labute approximate surface area is 130 Å². The predicted molar refractivity (Wildman–Crippen MR) is 86.9 cm³/mol. The third-order valence-electron chi connectivity index (χ3n) is 3.00. The highest BCUT2D eigenvalue weighted by atomic mass is 32.2. The number of hydrogen-bond acceptors (Lipinski definition) is 5. The maximum Gasteiger partial charge on any atom is 0.157 e. The minimum Gasteiger partial charge on any atom is -0.374 e. The molecule has 0 aliphatic carbocycles. The van der Waals surface area contributed by atoms with Gasteiger partial charge in [-0.15, -0.1) is 0 Å². The van der Waals surface area contributed by atoms with Crippen LogP contribution in [0.4, 0.5) is 5.82 Å². The van der Waals surface area contributed by atoms with Crippen LogP contribution in [-0.2, 0) is 11.3 Å². The molecule has 0 aliphatic heterocycles. The largest absolute Gasteiger partial charge is 0.374 e. The molecule has 1 heterocycles. The first-order valence-corrected chi connectivity index (χ1v) is 7.82. The minimum atomic E-state index is 0.437. The zero-order valence-electron chi connectivity index (χ0n) is 12.9. The van der Waals surface area contributed by atoms with E-state index in [4.69, 9.17) is 4.74 Å². The second-order valence-corrected chi connectivity index (χ2v) is 5.83. The van der Waals surface area contributed by atoms with Crippen LogP contribution in [0.15, 0.2) is 34.2 Å². The van der Waals surface area contributed by atoms with Crippen molar-refractivity contribution < 1.29 is 4.74 Å². The molecule has 0 amide bonds. The van der Waals surface area contributed by atoms with Crippen LogP contribution in [0, 0.1) is 13.8 Å². The maximum atomic E-state index is 5.41. The number of ether oxygens (including phenoxy) is 1. The average molecular weight is 303 g/mol. The lowest BCUT2D eigenvalue weighted by Crippen LogP contribution is -2.03. The molecule has 0 unspecified atom stereocenters. The fourth-order valence-corrected chi connectivity index (χ4v) is 2.86. The van der Waals surface area contributed by atoms with E-state index in [1.165, 1.54) is 16.0 Å². The van der Waals surface area contributed by atoms with Gasteiger partial charge in [-0.3, -0.25) is 0 Å². The predicted octanol–water partition coefficient (Wildman–Crippen LogP) is 3.82. The van der Waals surface area contributed by atoms with E-state index in [-0.39, 0.29) is 0 Å². The summed E-state index contributed by atoms with van der Waals surface area (Å²) in [5.41, 5.74) is 2.50. The van der Waals surface area contributed by atoms with Crippen molar-refractivity contribution in [3.05, 3.63) is 41.2 Å². The molecule has 0 bridgehead atoms. The van der Waals surface area contributed by atoms with Crippen LogP contribution in [0.1, 0.15) is 23.9 Å². The molecule has 1 N–H and O–H groups in total. The molecule has 2 rings (SSSR count). The SMILES string of the molecule is CCOCc1nc(NC)cc(Sc2cc(C)ccc2C)n1. The molecular weight excluding hydrogens is 282 g/mol. The van der Waals surface area contributed by atoms with E-state index in [1.54, 1.807) is 11.8 Å². The quantitative estimate of drug-likeness (QED) is 0.822. The van der Waals surface area contributed by atoms with Crippen molar-refractivity contribution in [3.8, 4) is 0 Å². The number of nitrogens with zero attached hydrogens (tertiary/aromatic N) is 2. The molecule has 0 fully saturated rings. The van der Waals surface area contributed by atoms with Crippen LogP contribution in [0.2, 0.25) is 0 Å². The van der Waals surface area contributed by atoms with Crippen LogP contribution in [0.25, 0.3) is 0 Å². The summed E-state index contributed by atoms with van der Waals surface area (Å²) in [5, 5.41) is 4.00. The zero-order valence-corrected chi connectivity index (χ0v) is 13.8. The van der Waals surface area contributed by atoms with E-state index in [1.807, 2.05) is 20.0 Å². The first-order valence-electron chi connectivity index (χ1n) is 7.01. The molecular formula is C16H21N3OS. The number of aromatic nitrogens is 2. The normalized spacial score (nSPS) is 10.7. The van der Waals surface area contributed by atoms with Gasteiger partial charge in [0, 0.05) is 24.6 Å². The highest BCUT2D eigenvalue weighted by molar-refractivity contribution is 7.99. The topological polar surface area (TPSA) is 47.0 Å². The van der Waals surface area contributed by atoms with Gasteiger partial charge < -0.3 is 10.1 Å². The van der Waals surface area contributed by atoms with Gasteiger partial charge in [0.2, 0.25) is 0 Å². The number of anilines is 1. The first kappa shape index (κ1) is 15.8. The molecule has 1 aromatic carbocycles. The fourth-order valence-electron chi connectivity index (χ4n) is 1.84. The number of hydrogen-bond donors (Lipinski definition) is 1. The van der Waals surface area contributed by atoms with Gasteiger partial charge in [-0.05, 0) is 38.0 Å². The Bertz CT molecular complexity index is 616. The molecule has 0 atom stereocenters. The Morgan fingerprint density at radius 1 is 1.19 bits per heavy atom. The number of nitrogens with one attached hydrogen (secondary N) is 1. The highest BCUT2D eigenvalue weighted by Gasteiger charge is 2.08. The highest BCUT2D eigenvalue weighted by Crippen LogP contribution is 2.30. The summed E-state index contributed by atoms with van der Waals surface area (Å²) in [6, 6.07) is 8.41. The van der Waals surface area contributed by atoms with Crippen molar-refractivity contribution in [2.45, 2.75) is 37.3 Å². The number of aryl methyl sites for hydroxylation is 2. The molecule has 2 aromatic rings. The van der Waals surface area contributed by atoms with Crippen molar-refractivity contribution in [2.75, 3.05) is 19.0 Å². The van der Waals surface area contributed by atoms with E-state index in [0.717, 1.165) is 10.8 Å². The summed E-state index contributed by atoms with van der Waals surface area (Å²) in [5.74, 6) is 1.52. The molecule has 112 valence electrons. The lowest BCUT2D eigenvalue weighted by atomic mass is 10.2. The second kappa shape index (κ2) is 7.43. The van der Waals surface area contributed by atoms with Crippen molar-refractivity contribution in [1.29, 1.82) is 0 Å². The number of benzene rings is 1. The summed E-state index contributed by atoms with van der Waals surface area (Å²) >= 11 is 1.66. The summed E-state index contributed by atoms with van der Waals surface area (Å²) in [6.45, 7) is 7.28. The monoisotopic (exact) mass is 303 g/mol. The van der Waals surface area contributed by atoms with Crippen molar-refractivity contribution >= 4 is 17.6 Å². The molecule has 5 heteroatoms. The van der Waals surface area contributed by atoms with Crippen LogP contribution in [-0.4, -0.2) is 23.6 Å². The Kier molecular flexibility index (Phi) is 5.59. The van der Waals surface area contributed by atoms with Crippen LogP contribution in [0.5, 0.6) is 0 Å². The molecule has 0 saturated heterocycles. The van der Waals surface area contributed by atoms with Gasteiger partial charge in [0.25, 0.3) is 0 Å². The van der Waals surface area contributed by atoms with E-state index < -0.39 is 0 Å². The van der Waals surface area contributed by atoms with Gasteiger partial charge in [-0.2, -0.15) is 0 Å². The second-order valence-electron chi connectivity index (χ2n) is 4.77. The third kappa shape index (κ3) is 4.44. The number of rotatable bonds is 6. The smallest absolute Gasteiger partial charge is 0.157 e. The van der Waals surface area contributed by atoms with E-state index in [0.29, 0.717) is 19.0 Å². The van der Waals surface area contributed by atoms with Gasteiger partial charge in [0.05, 0.1) is 0 Å². The Morgan fingerprint density at radius 3 is 2.71 bits per heavy atom. The maximum absolute atomic E-state index is 5.41. The Hall–Kier alpha value is -1.59. The average Bonchev–Trinajstić information content (AvgIpc) is 2.48. The van der Waals surface area contributed by atoms with Gasteiger partial charge >= 0.3 is 0 Å². The molecule has 0 aliphatic rings. The van der Waals surface area contributed by atoms with Gasteiger partial charge in [0.15, 0.2) is 5.82 Å². The molecule has 21 heavy (non-hydrogen) atoms. The standard InChI is InChI=1S/C16H21N3OS/c1-5-20-10-15-18-14(17-4)9-16(19-15)21-13-8-11(2)6-7-12(13)3/h6-9H,5,10H2,1-4H3,(H,17,18,19). The summed E-state index contributed by atoms with van der Waals surface area (Å²) < 4.78 is 5.41. The third-order valence-corrected chi connectivity index (χ3v) is 4.08. The molecule has 1 aromatic heterocycles. The summed E-state index contributed by atoms with van der Waals surface area (Å²) in [6.07, 6.45) is 0. The molecule has 0 spiro atoms. The van der Waals surface area contributed by atoms with Crippen LogP contribution < -0.4 is 5.32 Å². The minimum absolute atomic E-state index is 0.437. The van der Waals surface area contributed by atoms with Crippen molar-refractivity contribution in [3.63, 3.8) is 0 Å². The van der Waals surface area contributed by atoms with Crippen molar-refractivity contribution in [2.24, 2.45) is 0 Å². The van der Waals surface area contributed by atoms with Crippen LogP contribution in [0.3, 0.4) is 0 Å². The fraction of sp³-hybridized carbons (Fsp3) is 0.375. The molecule has 0 radical (unpaired) electrons. The van der Waals surface area contributed by atoms with Crippen LogP contribution >= 0.6 is 11.8 Å². The Balaban J connectivity index is 2.27. The summed E-state index contributed by atoms with van der Waals surface area (Å²) in [4.78, 5) is 10.2. The zero-order chi connectivity index (χ0) is 15.2.